The second kappa shape index (κ2) is 8.64. The third-order valence-electron chi connectivity index (χ3n) is 5.59. The molecular weight excluding hydrogens is 430 g/mol. The number of hydrogen-bond donors (Lipinski definition) is 1. The second-order valence-corrected chi connectivity index (χ2v) is 8.10. The number of fused-ring (bicyclic) bond motifs is 1. The smallest absolute Gasteiger partial charge is 0.280 e. The quantitative estimate of drug-likeness (QED) is 0.440. The van der Waals surface area contributed by atoms with E-state index in [-0.39, 0.29) is 30.1 Å². The van der Waals surface area contributed by atoms with Gasteiger partial charge in [0, 0.05) is 29.8 Å². The minimum Gasteiger partial charge on any atom is -0.474 e. The van der Waals surface area contributed by atoms with E-state index < -0.39 is 0 Å². The van der Waals surface area contributed by atoms with Crippen LogP contribution in [0.4, 0.5) is 5.82 Å². The van der Waals surface area contributed by atoms with Crippen molar-refractivity contribution in [3.05, 3.63) is 77.0 Å². The number of nitriles is 1. The lowest BCUT2D eigenvalue weighted by molar-refractivity contribution is 0.0778. The average molecular weight is 449 g/mol. The maximum Gasteiger partial charge on any atom is 0.280 e. The number of aromatic nitrogens is 4. The van der Waals surface area contributed by atoms with E-state index in [4.69, 9.17) is 11.3 Å². The lowest BCUT2D eigenvalue weighted by Gasteiger charge is -2.18. The van der Waals surface area contributed by atoms with Gasteiger partial charge >= 0.3 is 0 Å². The largest absolute Gasteiger partial charge is 0.474 e. The molecule has 0 bridgehead atoms. The highest BCUT2D eigenvalue weighted by molar-refractivity contribution is 5.94. The van der Waals surface area contributed by atoms with Crippen molar-refractivity contribution in [3.63, 3.8) is 0 Å². The SMILES string of the molecule is [C-]#[N+]c1ncc(CN(C)C(=O)c2ccc(-c3cccc(C#N)c3)c(OC3CC3)n2)c2[nH]ncc12. The van der Waals surface area contributed by atoms with Gasteiger partial charge in [-0.25, -0.2) is 4.98 Å². The molecule has 1 aromatic carbocycles. The molecule has 1 aliphatic carbocycles. The van der Waals surface area contributed by atoms with Crippen molar-refractivity contribution in [2.45, 2.75) is 25.5 Å². The third-order valence-corrected chi connectivity index (χ3v) is 5.59. The van der Waals surface area contributed by atoms with Gasteiger partial charge in [-0.15, -0.1) is 4.98 Å². The van der Waals surface area contributed by atoms with E-state index in [0.717, 1.165) is 29.5 Å². The molecule has 5 rings (SSSR count). The summed E-state index contributed by atoms with van der Waals surface area (Å²) in [6, 6.07) is 12.8. The Kier molecular flexibility index (Phi) is 5.36. The van der Waals surface area contributed by atoms with Crippen molar-refractivity contribution >= 4 is 22.6 Å². The molecule has 3 heterocycles. The molecule has 0 unspecified atom stereocenters. The lowest BCUT2D eigenvalue weighted by Crippen LogP contribution is -2.27. The lowest BCUT2D eigenvalue weighted by atomic mass is 10.0. The molecule has 4 aromatic rings. The first kappa shape index (κ1) is 21.1. The Bertz CT molecular complexity index is 1490. The van der Waals surface area contributed by atoms with Crippen LogP contribution >= 0.6 is 0 Å². The van der Waals surface area contributed by atoms with Crippen molar-refractivity contribution in [1.82, 2.24) is 25.1 Å². The zero-order valence-electron chi connectivity index (χ0n) is 18.3. The highest BCUT2D eigenvalue weighted by atomic mass is 16.5. The minimum atomic E-state index is -0.278. The predicted octanol–water partition coefficient (Wildman–Crippen LogP) is 4.26. The number of nitrogens with one attached hydrogen (secondary N) is 1. The number of aromatic amines is 1. The van der Waals surface area contributed by atoms with Gasteiger partial charge in [0.1, 0.15) is 18.0 Å². The van der Waals surface area contributed by atoms with Crippen molar-refractivity contribution < 1.29 is 9.53 Å². The molecule has 1 saturated carbocycles. The van der Waals surface area contributed by atoms with Crippen LogP contribution in [0.3, 0.4) is 0 Å². The van der Waals surface area contributed by atoms with Crippen LogP contribution in [0, 0.1) is 17.9 Å². The van der Waals surface area contributed by atoms with Crippen LogP contribution in [0.1, 0.15) is 34.5 Å². The number of carbonyl (C=O) groups excluding carboxylic acids is 1. The highest BCUT2D eigenvalue weighted by Gasteiger charge is 2.27. The van der Waals surface area contributed by atoms with Gasteiger partial charge in [0.25, 0.3) is 11.7 Å². The fraction of sp³-hybridized carbons (Fsp3) is 0.200. The number of carbonyl (C=O) groups is 1. The van der Waals surface area contributed by atoms with Gasteiger partial charge in [0.05, 0.1) is 23.7 Å². The summed E-state index contributed by atoms with van der Waals surface area (Å²) in [5.74, 6) is 0.372. The highest BCUT2D eigenvalue weighted by Crippen LogP contribution is 2.34. The summed E-state index contributed by atoms with van der Waals surface area (Å²) in [4.78, 5) is 26.9. The Hall–Kier alpha value is -4.76. The monoisotopic (exact) mass is 449 g/mol. The number of hydrogen-bond acceptors (Lipinski definition) is 6. The van der Waals surface area contributed by atoms with E-state index in [2.05, 4.69) is 31.1 Å². The molecule has 0 radical (unpaired) electrons. The predicted molar refractivity (Wildman–Crippen MR) is 124 cm³/mol. The number of rotatable bonds is 6. The van der Waals surface area contributed by atoms with Crippen LogP contribution in [-0.2, 0) is 6.54 Å². The zero-order valence-corrected chi connectivity index (χ0v) is 18.3. The Labute approximate surface area is 195 Å². The van der Waals surface area contributed by atoms with Gasteiger partial charge in [-0.05, 0) is 42.7 Å². The van der Waals surface area contributed by atoms with E-state index in [9.17, 15) is 10.1 Å². The van der Waals surface area contributed by atoms with Gasteiger partial charge in [-0.2, -0.15) is 10.4 Å². The van der Waals surface area contributed by atoms with E-state index in [1.165, 1.54) is 4.90 Å². The Morgan fingerprint density at radius 2 is 2.18 bits per heavy atom. The zero-order chi connectivity index (χ0) is 23.7. The third kappa shape index (κ3) is 4.03. The minimum absolute atomic E-state index is 0.0918. The summed E-state index contributed by atoms with van der Waals surface area (Å²) in [5, 5.41) is 16.8. The first-order valence-corrected chi connectivity index (χ1v) is 10.7. The van der Waals surface area contributed by atoms with Gasteiger partial charge in [0.2, 0.25) is 5.88 Å². The summed E-state index contributed by atoms with van der Waals surface area (Å²) >= 11 is 0. The first-order valence-electron chi connectivity index (χ1n) is 10.7. The standard InChI is InChI=1S/C25H19N7O2/c1-27-23-20-13-29-31-22(20)17(12-28-23)14-32(2)25(33)21-9-8-19(24(30-21)34-18-6-7-18)16-5-3-4-15(10-16)11-26/h3-5,8-10,12-13,18H,6-7,14H2,2H3,(H,29,31). The Morgan fingerprint density at radius 3 is 2.94 bits per heavy atom. The summed E-state index contributed by atoms with van der Waals surface area (Å²) in [7, 11) is 1.68. The topological polar surface area (TPSA) is 112 Å². The fourth-order valence-corrected chi connectivity index (χ4v) is 3.67. The molecular formula is C25H19N7O2. The number of nitrogens with zero attached hydrogens (tertiary/aromatic N) is 6. The Balaban J connectivity index is 1.44. The average Bonchev–Trinajstić information content (AvgIpc) is 3.54. The molecule has 0 aliphatic heterocycles. The number of amides is 1. The summed E-state index contributed by atoms with van der Waals surface area (Å²) in [6.07, 6.45) is 5.13. The summed E-state index contributed by atoms with van der Waals surface area (Å²) in [6.45, 7) is 7.51. The Morgan fingerprint density at radius 1 is 1.32 bits per heavy atom. The van der Waals surface area contributed by atoms with Crippen LogP contribution in [0.25, 0.3) is 26.9 Å². The van der Waals surface area contributed by atoms with Gasteiger partial charge in [-0.1, -0.05) is 18.7 Å². The molecule has 34 heavy (non-hydrogen) atoms. The fourth-order valence-electron chi connectivity index (χ4n) is 3.67. The number of H-pyrrole nitrogens is 1. The number of ether oxygens (including phenoxy) is 1. The van der Waals surface area contributed by atoms with E-state index in [0.29, 0.717) is 22.3 Å². The van der Waals surface area contributed by atoms with Crippen molar-refractivity contribution in [2.75, 3.05) is 7.05 Å². The van der Waals surface area contributed by atoms with Crippen LogP contribution in [0.5, 0.6) is 5.88 Å². The van der Waals surface area contributed by atoms with Crippen molar-refractivity contribution in [2.24, 2.45) is 0 Å². The molecule has 1 fully saturated rings. The maximum atomic E-state index is 13.2. The van der Waals surface area contributed by atoms with Crippen LogP contribution in [0.15, 0.2) is 48.8 Å². The normalized spacial score (nSPS) is 12.7. The van der Waals surface area contributed by atoms with Crippen molar-refractivity contribution in [3.8, 4) is 23.1 Å². The molecule has 1 amide bonds. The molecule has 0 spiro atoms. The van der Waals surface area contributed by atoms with Crippen molar-refractivity contribution in [1.29, 1.82) is 5.26 Å². The molecule has 0 saturated heterocycles. The van der Waals surface area contributed by atoms with E-state index in [1.807, 2.05) is 18.2 Å². The molecule has 9 heteroatoms. The van der Waals surface area contributed by atoms with Crippen LogP contribution < -0.4 is 4.74 Å². The molecule has 3 aromatic heterocycles. The molecule has 1 aliphatic rings. The number of benzene rings is 1. The van der Waals surface area contributed by atoms with Gasteiger partial charge < -0.3 is 14.5 Å². The first-order chi connectivity index (χ1) is 16.6. The maximum absolute atomic E-state index is 13.2. The van der Waals surface area contributed by atoms with Crippen LogP contribution in [0.2, 0.25) is 0 Å². The molecule has 1 N–H and O–H groups in total. The summed E-state index contributed by atoms with van der Waals surface area (Å²) in [5.41, 5.74) is 3.76. The second-order valence-electron chi connectivity index (χ2n) is 8.10. The molecule has 0 atom stereocenters. The van der Waals surface area contributed by atoms with E-state index in [1.54, 1.807) is 37.6 Å². The summed E-state index contributed by atoms with van der Waals surface area (Å²) < 4.78 is 6.03. The number of pyridine rings is 2. The van der Waals surface area contributed by atoms with E-state index >= 15 is 0 Å². The van der Waals surface area contributed by atoms with Gasteiger partial charge in [0.15, 0.2) is 0 Å². The van der Waals surface area contributed by atoms with Crippen LogP contribution in [-0.4, -0.2) is 44.1 Å². The van der Waals surface area contributed by atoms with Gasteiger partial charge in [-0.3, -0.25) is 9.89 Å². The molecule has 166 valence electrons. The molecule has 9 nitrogen and oxygen atoms in total.